The number of carbonyl (C=O) groups excluding carboxylic acids is 2. The van der Waals surface area contributed by atoms with E-state index in [1.807, 2.05) is 17.5 Å². The molecule has 68 heavy (non-hydrogen) atoms. The lowest BCUT2D eigenvalue weighted by molar-refractivity contribution is -0.132. The third-order valence-corrected chi connectivity index (χ3v) is 14.5. The summed E-state index contributed by atoms with van der Waals surface area (Å²) in [5.41, 5.74) is 0.908. The molecule has 0 radical (unpaired) electrons. The van der Waals surface area contributed by atoms with Crippen molar-refractivity contribution in [2.45, 2.75) is 68.0 Å². The fraction of sp³-hybridized carbons (Fsp3) is 0.395. The lowest BCUT2D eigenvalue weighted by atomic mass is 10.1. The average Bonchev–Trinajstić information content (AvgIpc) is 3.83. The zero-order chi connectivity index (χ0) is 49.4. The van der Waals surface area contributed by atoms with Crippen molar-refractivity contribution in [1.82, 2.24) is 29.7 Å². The number of ether oxygens (including phenoxy) is 4. The molecular formula is C43H48F2N6O13S4. The quantitative estimate of drug-likeness (QED) is 0.0922. The van der Waals surface area contributed by atoms with Crippen molar-refractivity contribution in [2.24, 2.45) is 0 Å². The number of hydrogen-bond donors (Lipinski definition) is 1. The molecule has 2 aliphatic heterocycles. The number of likely N-dealkylation sites (tertiary alicyclic amines) is 2. The van der Waals surface area contributed by atoms with Crippen LogP contribution in [0, 0.1) is 25.5 Å². The molecule has 1 amide bonds. The third kappa shape index (κ3) is 14.4. The Bertz CT molecular complexity index is 2950. The molecule has 0 aliphatic carbocycles. The molecule has 7 rings (SSSR count). The summed E-state index contributed by atoms with van der Waals surface area (Å²) < 4.78 is 129. The van der Waals surface area contributed by atoms with Crippen molar-refractivity contribution < 1.29 is 67.1 Å². The summed E-state index contributed by atoms with van der Waals surface area (Å²) in [6.45, 7) is 5.88. The molecule has 0 spiro atoms. The number of carbonyl (C=O) groups is 2. The number of nitrogens with zero attached hydrogens (tertiary/aromatic N) is 6. The van der Waals surface area contributed by atoms with Gasteiger partial charge in [0.05, 0.1) is 38.1 Å². The van der Waals surface area contributed by atoms with Crippen molar-refractivity contribution in [2.75, 3.05) is 51.0 Å². The Kier molecular flexibility index (Phi) is 16.8. The highest BCUT2D eigenvalue weighted by Crippen LogP contribution is 2.33. The molecular weight excluding hydrogens is 975 g/mol. The van der Waals surface area contributed by atoms with Gasteiger partial charge in [-0.05, 0) is 74.5 Å². The molecule has 19 nitrogen and oxygen atoms in total. The minimum absolute atomic E-state index is 0.0360. The molecule has 5 aromatic rings. The molecule has 0 saturated carbocycles. The number of sulfone groups is 2. The topological polar surface area (TPSA) is 252 Å². The standard InChI is InChI=1S/C23H24FN3O5S2.C20H24FN3O8S2/c1-15-22(31-16-7-9-27(10-8-16)13-19(28)21-4-3-11-33-21)25-14-26-23(15)32-20-6-5-17(12-18(20)24)34(2,29)30;1-13-19(31-14-5-8-24(9-6-14)18(25)7-10-34(28,29)30)22-12-23-20(13)32-17-4-3-15(11-16(17)21)33(2,26)27/h3-6,11-12,14,16H,7-10,13H2,1-2H3;3-4,11-12,14H,5-10H2,1-2H3,(H,28,29,30). The van der Waals surface area contributed by atoms with E-state index in [0.29, 0.717) is 49.5 Å². The van der Waals surface area contributed by atoms with E-state index in [2.05, 4.69) is 24.8 Å². The Balaban J connectivity index is 0.000000224. The van der Waals surface area contributed by atoms with Gasteiger partial charge in [-0.15, -0.1) is 11.3 Å². The van der Waals surface area contributed by atoms with Gasteiger partial charge in [0.15, 0.2) is 48.6 Å². The molecule has 25 heteroatoms. The maximum Gasteiger partial charge on any atom is 0.265 e. The van der Waals surface area contributed by atoms with Gasteiger partial charge in [0.25, 0.3) is 10.1 Å². The van der Waals surface area contributed by atoms with Crippen LogP contribution in [0.4, 0.5) is 8.78 Å². The van der Waals surface area contributed by atoms with Gasteiger partial charge < -0.3 is 23.8 Å². The number of thiophene rings is 1. The Morgan fingerprint density at radius 2 is 1.16 bits per heavy atom. The lowest BCUT2D eigenvalue weighted by Gasteiger charge is -2.32. The smallest absolute Gasteiger partial charge is 0.265 e. The van der Waals surface area contributed by atoms with E-state index in [1.54, 1.807) is 13.8 Å². The maximum atomic E-state index is 14.4. The Labute approximate surface area is 396 Å². The second-order valence-electron chi connectivity index (χ2n) is 15.9. The van der Waals surface area contributed by atoms with E-state index in [-0.39, 0.29) is 69.2 Å². The van der Waals surface area contributed by atoms with Crippen molar-refractivity contribution in [3.05, 3.63) is 94.2 Å². The zero-order valence-electron chi connectivity index (χ0n) is 37.2. The maximum absolute atomic E-state index is 14.4. The number of benzene rings is 2. The first-order chi connectivity index (χ1) is 32.0. The van der Waals surface area contributed by atoms with Crippen LogP contribution < -0.4 is 18.9 Å². The molecule has 5 heterocycles. The second kappa shape index (κ2) is 22.1. The van der Waals surface area contributed by atoms with Crippen LogP contribution in [0.15, 0.2) is 76.4 Å². The summed E-state index contributed by atoms with van der Waals surface area (Å²) in [7, 11) is -11.3. The van der Waals surface area contributed by atoms with Gasteiger partial charge in [-0.3, -0.25) is 19.0 Å². The van der Waals surface area contributed by atoms with Crippen LogP contribution in [0.3, 0.4) is 0 Å². The van der Waals surface area contributed by atoms with Gasteiger partial charge >= 0.3 is 0 Å². The van der Waals surface area contributed by atoms with Crippen LogP contribution in [0.2, 0.25) is 0 Å². The fourth-order valence-electron chi connectivity index (χ4n) is 6.90. The SMILES string of the molecule is Cc1c(Oc2ccc(S(C)(=O)=O)cc2F)ncnc1OC1CCN(C(=O)CCS(=O)(=O)O)CC1.Cc1c(Oc2ccc(S(C)(=O)=O)cc2F)ncnc1OC1CCN(CC(=O)c2cccs2)CC1. The molecule has 0 bridgehead atoms. The Hall–Kier alpha value is -5.73. The number of rotatable bonds is 16. The van der Waals surface area contributed by atoms with Gasteiger partial charge in [-0.1, -0.05) is 6.07 Å². The summed E-state index contributed by atoms with van der Waals surface area (Å²) in [6.07, 6.45) is 6.20. The largest absolute Gasteiger partial charge is 0.474 e. The van der Waals surface area contributed by atoms with Crippen LogP contribution >= 0.6 is 11.3 Å². The number of amides is 1. The molecule has 1 N–H and O–H groups in total. The summed E-state index contributed by atoms with van der Waals surface area (Å²) >= 11 is 1.45. The van der Waals surface area contributed by atoms with E-state index in [0.717, 1.165) is 55.5 Å². The minimum atomic E-state index is -4.20. The van der Waals surface area contributed by atoms with Crippen molar-refractivity contribution in [3.8, 4) is 35.0 Å². The molecule has 2 saturated heterocycles. The fourth-order valence-corrected chi connectivity index (χ4v) is 9.25. The van der Waals surface area contributed by atoms with Crippen LogP contribution in [-0.4, -0.2) is 134 Å². The second-order valence-corrected chi connectivity index (χ2v) is 22.4. The molecule has 2 aliphatic rings. The summed E-state index contributed by atoms with van der Waals surface area (Å²) in [5.74, 6) is -2.19. The van der Waals surface area contributed by atoms with Crippen molar-refractivity contribution in [1.29, 1.82) is 0 Å². The third-order valence-electron chi connectivity index (χ3n) is 10.7. The van der Waals surface area contributed by atoms with E-state index in [9.17, 15) is 43.6 Å². The molecule has 2 aromatic carbocycles. The molecule has 2 fully saturated rings. The highest BCUT2D eigenvalue weighted by molar-refractivity contribution is 7.91. The number of halogens is 2. The number of ketones is 1. The van der Waals surface area contributed by atoms with Crippen molar-refractivity contribution in [3.63, 3.8) is 0 Å². The van der Waals surface area contributed by atoms with Gasteiger partial charge in [-0.2, -0.15) is 8.42 Å². The van der Waals surface area contributed by atoms with Gasteiger partial charge in [0.2, 0.25) is 29.4 Å². The summed E-state index contributed by atoms with van der Waals surface area (Å²) in [6, 6.07) is 10.4. The monoisotopic (exact) mass is 1020 g/mol. The first-order valence-corrected chi connectivity index (χ1v) is 27.1. The number of aromatic nitrogens is 4. The van der Waals surface area contributed by atoms with Gasteiger partial charge in [0.1, 0.15) is 24.9 Å². The van der Waals surface area contributed by atoms with E-state index in [1.165, 1.54) is 53.2 Å². The molecule has 3 aromatic heterocycles. The highest BCUT2D eigenvalue weighted by atomic mass is 32.2. The van der Waals surface area contributed by atoms with E-state index < -0.39 is 47.2 Å². The molecule has 0 unspecified atom stereocenters. The van der Waals surface area contributed by atoms with E-state index in [4.69, 9.17) is 23.5 Å². The first-order valence-electron chi connectivity index (χ1n) is 20.9. The number of Topliss-reactive ketones (excluding diaryl/α,β-unsaturated/α-hetero) is 1. The highest BCUT2D eigenvalue weighted by Gasteiger charge is 2.27. The number of piperidine rings is 2. The zero-order valence-corrected chi connectivity index (χ0v) is 40.5. The predicted octanol–water partition coefficient (Wildman–Crippen LogP) is 5.68. The Morgan fingerprint density at radius 1 is 0.706 bits per heavy atom. The Morgan fingerprint density at radius 3 is 1.57 bits per heavy atom. The predicted molar refractivity (Wildman–Crippen MR) is 243 cm³/mol. The molecule has 0 atom stereocenters. The van der Waals surface area contributed by atoms with Crippen LogP contribution in [0.25, 0.3) is 0 Å². The van der Waals surface area contributed by atoms with Gasteiger partial charge in [-0.25, -0.2) is 45.6 Å². The van der Waals surface area contributed by atoms with Gasteiger partial charge in [0, 0.05) is 58.0 Å². The van der Waals surface area contributed by atoms with E-state index >= 15 is 0 Å². The van der Waals surface area contributed by atoms with Crippen LogP contribution in [-0.2, 0) is 34.6 Å². The average molecular weight is 1020 g/mol. The van der Waals surface area contributed by atoms with Crippen molar-refractivity contribution >= 4 is 52.8 Å². The number of hydrogen-bond acceptors (Lipinski definition) is 18. The van der Waals surface area contributed by atoms with Crippen LogP contribution in [0.5, 0.6) is 35.0 Å². The summed E-state index contributed by atoms with van der Waals surface area (Å²) in [4.78, 5) is 44.8. The van der Waals surface area contributed by atoms with Crippen LogP contribution in [0.1, 0.15) is 52.9 Å². The molecule has 366 valence electrons. The summed E-state index contributed by atoms with van der Waals surface area (Å²) in [5, 5.41) is 1.90. The first kappa shape index (κ1) is 51.7. The normalized spacial score (nSPS) is 15.2. The lowest BCUT2D eigenvalue weighted by Crippen LogP contribution is -2.42. The minimum Gasteiger partial charge on any atom is -0.474 e.